The molecule has 8 nitrogen and oxygen atoms in total. The first-order valence-corrected chi connectivity index (χ1v) is 11.9. The molecule has 1 atom stereocenters. The molecule has 0 unspecified atom stereocenters. The fraction of sp³-hybridized carbons (Fsp3) is 0.400. The number of hydroxylamine groups is 1. The summed E-state index contributed by atoms with van der Waals surface area (Å²) in [5.41, 5.74) is 2.99. The van der Waals surface area contributed by atoms with Gasteiger partial charge in [-0.3, -0.25) is 14.8 Å². The molecule has 1 saturated heterocycles. The highest BCUT2D eigenvalue weighted by Crippen LogP contribution is 2.47. The minimum atomic E-state index is -3.58. The van der Waals surface area contributed by atoms with Gasteiger partial charge in [0, 0.05) is 22.6 Å². The largest absolute Gasteiger partial charge is 0.375 e. The fourth-order valence-corrected chi connectivity index (χ4v) is 7.51. The van der Waals surface area contributed by atoms with E-state index >= 15 is 0 Å². The number of thiophene rings is 1. The fourth-order valence-electron chi connectivity index (χ4n) is 3.73. The van der Waals surface area contributed by atoms with Crippen molar-refractivity contribution < 1.29 is 28.0 Å². The van der Waals surface area contributed by atoms with Gasteiger partial charge in [-0.2, -0.15) is 0 Å². The van der Waals surface area contributed by atoms with Crippen LogP contribution in [0.1, 0.15) is 30.6 Å². The molecule has 0 radical (unpaired) electrons. The Morgan fingerprint density at radius 1 is 1.20 bits per heavy atom. The highest BCUT2D eigenvalue weighted by molar-refractivity contribution is 7.92. The summed E-state index contributed by atoms with van der Waals surface area (Å²) in [5.74, 6) is -0.984. The molecule has 30 heavy (non-hydrogen) atoms. The highest BCUT2D eigenvalue weighted by atomic mass is 32.2. The van der Waals surface area contributed by atoms with Crippen molar-refractivity contribution in [3.63, 3.8) is 0 Å². The molecule has 0 spiro atoms. The number of rotatable bonds is 7. The molecule has 1 aromatic carbocycles. The Hall–Kier alpha value is -2.27. The van der Waals surface area contributed by atoms with E-state index in [-0.39, 0.29) is 24.7 Å². The molecule has 1 fully saturated rings. The summed E-state index contributed by atoms with van der Waals surface area (Å²) in [4.78, 5) is 25.1. The lowest BCUT2D eigenvalue weighted by atomic mass is 9.94. The average Bonchev–Trinajstić information content (AvgIpc) is 3.20. The van der Waals surface area contributed by atoms with Crippen LogP contribution in [0.3, 0.4) is 0 Å². The Kier molecular flexibility index (Phi) is 6.91. The summed E-state index contributed by atoms with van der Waals surface area (Å²) in [6.07, 6.45) is 1.26. The smallest absolute Gasteiger partial charge is 0.250 e. The van der Waals surface area contributed by atoms with Crippen LogP contribution >= 0.6 is 11.3 Å². The van der Waals surface area contributed by atoms with Gasteiger partial charge in [0.1, 0.15) is 11.4 Å². The predicted molar refractivity (Wildman–Crippen MR) is 114 cm³/mol. The van der Waals surface area contributed by atoms with Crippen LogP contribution in [-0.2, 0) is 28.9 Å². The van der Waals surface area contributed by atoms with Crippen LogP contribution in [0.4, 0.5) is 5.69 Å². The van der Waals surface area contributed by atoms with Gasteiger partial charge in [0.25, 0.3) is 0 Å². The third-order valence-corrected chi connectivity index (χ3v) is 9.22. The lowest BCUT2D eigenvalue weighted by Crippen LogP contribution is -2.43. The van der Waals surface area contributed by atoms with Crippen molar-refractivity contribution in [1.29, 1.82) is 0 Å². The molecule has 1 aliphatic rings. The molecule has 1 aliphatic heterocycles. The van der Waals surface area contributed by atoms with Gasteiger partial charge in [0.15, 0.2) is 9.84 Å². The summed E-state index contributed by atoms with van der Waals surface area (Å²) in [7, 11) is -2.14. The van der Waals surface area contributed by atoms with Crippen molar-refractivity contribution in [2.75, 3.05) is 24.8 Å². The summed E-state index contributed by atoms with van der Waals surface area (Å²) in [6.45, 7) is -0.0549. The Morgan fingerprint density at radius 3 is 2.70 bits per heavy atom. The SMILES string of the molecule is COCC(=O)Nc1cccc(-c2ccc([C@@]3(CC(=O)NO)CCCCS3(=O)=O)s2)c1. The Morgan fingerprint density at radius 2 is 2.00 bits per heavy atom. The molecule has 162 valence electrons. The van der Waals surface area contributed by atoms with E-state index in [1.165, 1.54) is 18.4 Å². The summed E-state index contributed by atoms with van der Waals surface area (Å²) < 4.78 is 29.5. The number of hydrogen-bond acceptors (Lipinski definition) is 7. The van der Waals surface area contributed by atoms with E-state index in [2.05, 4.69) is 5.32 Å². The lowest BCUT2D eigenvalue weighted by Gasteiger charge is -2.35. The number of methoxy groups -OCH3 is 1. The molecule has 2 amide bonds. The normalized spacial score (nSPS) is 20.5. The first-order chi connectivity index (χ1) is 14.3. The van der Waals surface area contributed by atoms with Crippen molar-refractivity contribution in [1.82, 2.24) is 5.48 Å². The number of carbonyl (C=O) groups is 2. The monoisotopic (exact) mass is 452 g/mol. The van der Waals surface area contributed by atoms with Crippen LogP contribution in [0.5, 0.6) is 0 Å². The number of carbonyl (C=O) groups excluding carboxylic acids is 2. The van der Waals surface area contributed by atoms with E-state index in [9.17, 15) is 18.0 Å². The van der Waals surface area contributed by atoms with E-state index in [1.54, 1.807) is 29.7 Å². The number of nitrogens with one attached hydrogen (secondary N) is 2. The van der Waals surface area contributed by atoms with E-state index < -0.39 is 20.5 Å². The minimum absolute atomic E-state index is 0.0138. The van der Waals surface area contributed by atoms with Crippen molar-refractivity contribution in [3.05, 3.63) is 41.3 Å². The summed E-state index contributed by atoms with van der Waals surface area (Å²) in [5, 5.41) is 11.7. The standard InChI is InChI=1S/C20H24N2O6S2/c1-28-13-19(24)21-15-6-4-5-14(11-15)16-7-8-17(29-16)20(12-18(23)22-25)9-2-3-10-30(20,26)27/h4-8,11,25H,2-3,9-10,12-13H2,1H3,(H,21,24)(H,22,23)/t20-/m0/s1. The maximum atomic E-state index is 13.0. The molecule has 1 aromatic heterocycles. The van der Waals surface area contributed by atoms with E-state index in [0.29, 0.717) is 29.8 Å². The minimum Gasteiger partial charge on any atom is -0.375 e. The lowest BCUT2D eigenvalue weighted by molar-refractivity contribution is -0.130. The molecule has 2 heterocycles. The van der Waals surface area contributed by atoms with Gasteiger partial charge >= 0.3 is 0 Å². The zero-order valence-corrected chi connectivity index (χ0v) is 18.1. The van der Waals surface area contributed by atoms with E-state index in [4.69, 9.17) is 9.94 Å². The molecule has 3 rings (SSSR count). The van der Waals surface area contributed by atoms with Gasteiger partial charge in [-0.25, -0.2) is 13.9 Å². The molecular weight excluding hydrogens is 428 g/mol. The van der Waals surface area contributed by atoms with Gasteiger partial charge in [-0.1, -0.05) is 18.6 Å². The van der Waals surface area contributed by atoms with E-state index in [1.807, 2.05) is 12.1 Å². The molecule has 0 aliphatic carbocycles. The maximum absolute atomic E-state index is 13.0. The van der Waals surface area contributed by atoms with Gasteiger partial charge < -0.3 is 10.1 Å². The Labute approximate surface area is 179 Å². The molecule has 3 N–H and O–H groups in total. The number of anilines is 1. The average molecular weight is 453 g/mol. The van der Waals surface area contributed by atoms with Crippen LogP contribution in [0.2, 0.25) is 0 Å². The summed E-state index contributed by atoms with van der Waals surface area (Å²) >= 11 is 1.31. The van der Waals surface area contributed by atoms with E-state index in [0.717, 1.165) is 10.4 Å². The van der Waals surface area contributed by atoms with Gasteiger partial charge in [-0.05, 0) is 42.7 Å². The second kappa shape index (κ2) is 9.25. The number of sulfone groups is 1. The van der Waals surface area contributed by atoms with Crippen LogP contribution in [-0.4, -0.2) is 44.9 Å². The molecule has 0 saturated carbocycles. The van der Waals surface area contributed by atoms with Gasteiger partial charge in [0.2, 0.25) is 11.8 Å². The Bertz CT molecular complexity index is 1030. The maximum Gasteiger partial charge on any atom is 0.250 e. The second-order valence-corrected chi connectivity index (χ2v) is 10.7. The Balaban J connectivity index is 1.95. The predicted octanol–water partition coefficient (Wildman–Crippen LogP) is 2.69. The van der Waals surface area contributed by atoms with Crippen molar-refractivity contribution in [3.8, 4) is 10.4 Å². The highest BCUT2D eigenvalue weighted by Gasteiger charge is 2.49. The van der Waals surface area contributed by atoms with Crippen LogP contribution in [0, 0.1) is 0 Å². The molecule has 0 bridgehead atoms. The molecule has 10 heteroatoms. The number of ether oxygens (including phenoxy) is 1. The van der Waals surface area contributed by atoms with Crippen molar-refractivity contribution in [2.24, 2.45) is 0 Å². The van der Waals surface area contributed by atoms with Crippen molar-refractivity contribution >= 4 is 38.7 Å². The number of amides is 2. The van der Waals surface area contributed by atoms with Gasteiger partial charge in [-0.15, -0.1) is 11.3 Å². The first-order valence-electron chi connectivity index (χ1n) is 9.46. The first kappa shape index (κ1) is 22.4. The molecular formula is C20H24N2O6S2. The van der Waals surface area contributed by atoms with Crippen molar-refractivity contribution in [2.45, 2.75) is 30.4 Å². The number of benzene rings is 1. The number of hydrogen-bond donors (Lipinski definition) is 3. The van der Waals surface area contributed by atoms with Crippen LogP contribution in [0.25, 0.3) is 10.4 Å². The zero-order chi connectivity index (χ0) is 21.8. The van der Waals surface area contributed by atoms with Crippen LogP contribution in [0.15, 0.2) is 36.4 Å². The zero-order valence-electron chi connectivity index (χ0n) is 16.5. The topological polar surface area (TPSA) is 122 Å². The third-order valence-electron chi connectivity index (χ3n) is 5.17. The summed E-state index contributed by atoms with van der Waals surface area (Å²) in [6, 6.07) is 10.8. The molecule has 2 aromatic rings. The third kappa shape index (κ3) is 4.56. The van der Waals surface area contributed by atoms with Gasteiger partial charge in [0.05, 0.1) is 12.2 Å². The second-order valence-electron chi connectivity index (χ2n) is 7.21. The van der Waals surface area contributed by atoms with Crippen LogP contribution < -0.4 is 10.8 Å². The quantitative estimate of drug-likeness (QED) is 0.439.